The molecule has 6 nitrogen and oxygen atoms in total. The number of anilines is 2. The predicted octanol–water partition coefficient (Wildman–Crippen LogP) is 4.45. The number of carbonyl (C=O) groups excluding carboxylic acids is 1. The quantitative estimate of drug-likeness (QED) is 0.680. The van der Waals surface area contributed by atoms with Crippen LogP contribution in [0.5, 0.6) is 5.75 Å². The van der Waals surface area contributed by atoms with Gasteiger partial charge in [-0.25, -0.2) is 14.2 Å². The zero-order valence-corrected chi connectivity index (χ0v) is 16.7. The molecular weight excluding hydrogens is 403 g/mol. The van der Waals surface area contributed by atoms with Crippen LogP contribution in [-0.4, -0.2) is 49.2 Å². The number of thiazole rings is 1. The summed E-state index contributed by atoms with van der Waals surface area (Å²) in [6.07, 6.45) is 0. The lowest BCUT2D eigenvalue weighted by Gasteiger charge is -2.34. The van der Waals surface area contributed by atoms with E-state index in [1.165, 1.54) is 17.4 Å². The second-order valence-corrected chi connectivity index (χ2v) is 7.69. The summed E-state index contributed by atoms with van der Waals surface area (Å²) in [5.74, 6) is 0.236. The monoisotopic (exact) mass is 420 g/mol. The molecule has 1 N–H and O–H groups in total. The van der Waals surface area contributed by atoms with Crippen molar-refractivity contribution in [3.8, 4) is 5.75 Å². The molecule has 1 aliphatic rings. The number of benzene rings is 2. The molecule has 2 amide bonds. The Hall–Kier alpha value is -2.58. The molecule has 0 spiro atoms. The number of urea groups is 1. The van der Waals surface area contributed by atoms with E-state index in [9.17, 15) is 9.18 Å². The minimum atomic E-state index is -0.449. The number of methoxy groups -OCH3 is 1. The first kappa shape index (κ1) is 18.8. The van der Waals surface area contributed by atoms with Crippen LogP contribution >= 0.6 is 22.9 Å². The molecule has 0 aliphatic carbocycles. The van der Waals surface area contributed by atoms with Gasteiger partial charge in [-0.05, 0) is 24.3 Å². The van der Waals surface area contributed by atoms with E-state index in [0.29, 0.717) is 37.0 Å². The number of halogens is 2. The van der Waals surface area contributed by atoms with Crippen molar-refractivity contribution in [2.24, 2.45) is 0 Å². The number of hydrogen-bond donors (Lipinski definition) is 1. The number of carbonyl (C=O) groups is 1. The van der Waals surface area contributed by atoms with Gasteiger partial charge in [-0.2, -0.15) is 0 Å². The molecule has 0 bridgehead atoms. The minimum absolute atomic E-state index is 0.183. The predicted molar refractivity (Wildman–Crippen MR) is 110 cm³/mol. The summed E-state index contributed by atoms with van der Waals surface area (Å²) in [6, 6.07) is 9.43. The second kappa shape index (κ2) is 7.81. The van der Waals surface area contributed by atoms with E-state index in [1.807, 2.05) is 0 Å². The summed E-state index contributed by atoms with van der Waals surface area (Å²) in [7, 11) is 1.61. The van der Waals surface area contributed by atoms with Gasteiger partial charge in [0.15, 0.2) is 5.13 Å². The van der Waals surface area contributed by atoms with Gasteiger partial charge in [0.05, 0.1) is 22.5 Å². The summed E-state index contributed by atoms with van der Waals surface area (Å²) in [5, 5.41) is 4.11. The smallest absolute Gasteiger partial charge is 0.322 e. The van der Waals surface area contributed by atoms with Crippen LogP contribution in [0.1, 0.15) is 0 Å². The summed E-state index contributed by atoms with van der Waals surface area (Å²) in [4.78, 5) is 20.9. The Labute approximate surface area is 170 Å². The largest absolute Gasteiger partial charge is 0.494 e. The zero-order chi connectivity index (χ0) is 19.7. The maximum absolute atomic E-state index is 13.7. The molecule has 1 fully saturated rings. The van der Waals surface area contributed by atoms with Crippen molar-refractivity contribution in [1.82, 2.24) is 9.88 Å². The van der Waals surface area contributed by atoms with Crippen LogP contribution in [0, 0.1) is 5.82 Å². The Morgan fingerprint density at radius 3 is 2.68 bits per heavy atom. The highest BCUT2D eigenvalue weighted by atomic mass is 35.5. The van der Waals surface area contributed by atoms with Crippen LogP contribution in [0.15, 0.2) is 36.4 Å². The molecule has 3 aromatic rings. The molecule has 0 unspecified atom stereocenters. The molecule has 2 heterocycles. The molecule has 0 saturated carbocycles. The van der Waals surface area contributed by atoms with Crippen molar-refractivity contribution < 1.29 is 13.9 Å². The highest BCUT2D eigenvalue weighted by molar-refractivity contribution is 7.22. The van der Waals surface area contributed by atoms with Gasteiger partial charge in [-0.3, -0.25) is 0 Å². The van der Waals surface area contributed by atoms with Crippen LogP contribution in [0.3, 0.4) is 0 Å². The van der Waals surface area contributed by atoms with Gasteiger partial charge in [0, 0.05) is 26.2 Å². The van der Waals surface area contributed by atoms with Gasteiger partial charge < -0.3 is 19.9 Å². The second-order valence-electron chi connectivity index (χ2n) is 6.31. The Morgan fingerprint density at radius 1 is 1.21 bits per heavy atom. The van der Waals surface area contributed by atoms with E-state index < -0.39 is 5.82 Å². The average Bonchev–Trinajstić information content (AvgIpc) is 3.16. The Morgan fingerprint density at radius 2 is 1.96 bits per heavy atom. The molecule has 1 saturated heterocycles. The highest BCUT2D eigenvalue weighted by Gasteiger charge is 2.24. The molecule has 0 atom stereocenters. The number of nitrogens with one attached hydrogen (secondary N) is 1. The topological polar surface area (TPSA) is 57.7 Å². The number of amides is 2. The summed E-state index contributed by atoms with van der Waals surface area (Å²) < 4.78 is 20.0. The van der Waals surface area contributed by atoms with E-state index in [4.69, 9.17) is 16.3 Å². The molecule has 9 heteroatoms. The molecule has 1 aliphatic heterocycles. The molecular formula is C19H18ClFN4O2S. The highest BCUT2D eigenvalue weighted by Crippen LogP contribution is 2.38. The molecule has 0 radical (unpaired) electrons. The van der Waals surface area contributed by atoms with Crippen molar-refractivity contribution in [2.75, 3.05) is 43.5 Å². The lowest BCUT2D eigenvalue weighted by Crippen LogP contribution is -2.50. The fourth-order valence-electron chi connectivity index (χ4n) is 3.10. The molecule has 1 aromatic heterocycles. The number of hydrogen-bond acceptors (Lipinski definition) is 5. The normalized spacial score (nSPS) is 14.4. The summed E-state index contributed by atoms with van der Waals surface area (Å²) in [5.41, 5.74) is 0.928. The Balaban J connectivity index is 1.44. The number of nitrogens with zero attached hydrogens (tertiary/aromatic N) is 3. The van der Waals surface area contributed by atoms with Crippen LogP contribution in [0.2, 0.25) is 5.02 Å². The van der Waals surface area contributed by atoms with Crippen LogP contribution in [0.4, 0.5) is 20.0 Å². The fourth-order valence-corrected chi connectivity index (χ4v) is 4.41. The lowest BCUT2D eigenvalue weighted by molar-refractivity contribution is 0.208. The number of para-hydroxylation sites is 1. The van der Waals surface area contributed by atoms with Gasteiger partial charge in [-0.1, -0.05) is 35.1 Å². The van der Waals surface area contributed by atoms with E-state index in [1.54, 1.807) is 42.3 Å². The summed E-state index contributed by atoms with van der Waals surface area (Å²) >= 11 is 7.81. The third-order valence-corrected chi connectivity index (χ3v) is 6.20. The van der Waals surface area contributed by atoms with Gasteiger partial charge in [0.25, 0.3) is 0 Å². The molecule has 4 rings (SSSR count). The number of rotatable bonds is 3. The van der Waals surface area contributed by atoms with E-state index in [-0.39, 0.29) is 11.7 Å². The first-order valence-electron chi connectivity index (χ1n) is 8.75. The number of aromatic nitrogens is 1. The maximum Gasteiger partial charge on any atom is 0.322 e. The Kier molecular flexibility index (Phi) is 5.23. The van der Waals surface area contributed by atoms with Gasteiger partial charge in [0.2, 0.25) is 0 Å². The van der Waals surface area contributed by atoms with E-state index in [2.05, 4.69) is 15.2 Å². The zero-order valence-electron chi connectivity index (χ0n) is 15.1. The number of piperazine rings is 1. The maximum atomic E-state index is 13.7. The third kappa shape index (κ3) is 3.57. The standard InChI is InChI=1S/C19H18ClFN4O2S/c1-27-15-7-6-12(20)17-16(15)23-19(28-17)25-10-8-24(9-11-25)18(26)22-14-5-3-2-4-13(14)21/h2-7H,8-11H2,1H3,(H,22,26). The SMILES string of the molecule is COc1ccc(Cl)c2sc(N3CCN(C(=O)Nc4ccccc4F)CC3)nc12. The van der Waals surface area contributed by atoms with Crippen molar-refractivity contribution in [1.29, 1.82) is 0 Å². The van der Waals surface area contributed by atoms with Crippen molar-refractivity contribution in [3.63, 3.8) is 0 Å². The fraction of sp³-hybridized carbons (Fsp3) is 0.263. The number of ether oxygens (including phenoxy) is 1. The van der Waals surface area contributed by atoms with Crippen molar-refractivity contribution in [3.05, 3.63) is 47.2 Å². The van der Waals surface area contributed by atoms with E-state index in [0.717, 1.165) is 15.3 Å². The number of fused-ring (bicyclic) bond motifs is 1. The average molecular weight is 421 g/mol. The summed E-state index contributed by atoms with van der Waals surface area (Å²) in [6.45, 7) is 2.29. The molecule has 2 aromatic carbocycles. The van der Waals surface area contributed by atoms with Crippen LogP contribution in [0.25, 0.3) is 10.2 Å². The molecule has 146 valence electrons. The van der Waals surface area contributed by atoms with Crippen molar-refractivity contribution >= 4 is 50.0 Å². The van der Waals surface area contributed by atoms with Crippen LogP contribution < -0.4 is 15.0 Å². The third-order valence-electron chi connectivity index (χ3n) is 4.62. The van der Waals surface area contributed by atoms with Crippen molar-refractivity contribution in [2.45, 2.75) is 0 Å². The lowest BCUT2D eigenvalue weighted by atomic mass is 10.3. The minimum Gasteiger partial charge on any atom is -0.494 e. The first-order chi connectivity index (χ1) is 13.6. The van der Waals surface area contributed by atoms with Gasteiger partial charge in [-0.15, -0.1) is 0 Å². The van der Waals surface area contributed by atoms with Crippen LogP contribution in [-0.2, 0) is 0 Å². The van der Waals surface area contributed by atoms with E-state index >= 15 is 0 Å². The first-order valence-corrected chi connectivity index (χ1v) is 9.94. The van der Waals surface area contributed by atoms with Gasteiger partial charge >= 0.3 is 6.03 Å². The molecule has 28 heavy (non-hydrogen) atoms. The Bertz CT molecular complexity index is 1020. The van der Waals surface area contributed by atoms with Gasteiger partial charge in [0.1, 0.15) is 17.1 Å².